The van der Waals surface area contributed by atoms with Crippen molar-refractivity contribution in [1.29, 1.82) is 0 Å². The Morgan fingerprint density at radius 1 is 1.19 bits per heavy atom. The molecule has 5 nitrogen and oxygen atoms in total. The van der Waals surface area contributed by atoms with E-state index in [1.807, 2.05) is 12.3 Å². The summed E-state index contributed by atoms with van der Waals surface area (Å²) in [6.45, 7) is 2.14. The number of aromatic nitrogens is 1. The van der Waals surface area contributed by atoms with Gasteiger partial charge in [-0.3, -0.25) is 9.59 Å². The average Bonchev–Trinajstić information content (AvgIpc) is 3.25. The number of halogens is 1. The second kappa shape index (κ2) is 8.20. The van der Waals surface area contributed by atoms with Gasteiger partial charge < -0.3 is 10.6 Å². The fraction of sp³-hybridized carbons (Fsp3) is 0.167. The number of nitrogens with one attached hydrogen (secondary N) is 2. The number of hydrogen-bond acceptors (Lipinski definition) is 5. The number of benzene rings is 1. The molecule has 0 unspecified atom stereocenters. The van der Waals surface area contributed by atoms with Crippen molar-refractivity contribution in [2.45, 2.75) is 13.3 Å². The summed E-state index contributed by atoms with van der Waals surface area (Å²) in [5.41, 5.74) is 1.51. The lowest BCUT2D eigenvalue weighted by molar-refractivity contribution is -0.116. The largest absolute Gasteiger partial charge is 0.351 e. The maximum atomic E-state index is 13.0. The fourth-order valence-electron chi connectivity index (χ4n) is 2.29. The molecule has 0 aliphatic carbocycles. The van der Waals surface area contributed by atoms with E-state index < -0.39 is 0 Å². The second-order valence-corrected chi connectivity index (χ2v) is 7.61. The fourth-order valence-corrected chi connectivity index (χ4v) is 3.78. The summed E-state index contributed by atoms with van der Waals surface area (Å²) in [5.74, 6) is -0.716. The van der Waals surface area contributed by atoms with Gasteiger partial charge in [-0.15, -0.1) is 22.7 Å². The summed E-state index contributed by atoms with van der Waals surface area (Å²) in [5, 5.41) is 7.75. The quantitative estimate of drug-likeness (QED) is 0.667. The molecule has 26 heavy (non-hydrogen) atoms. The summed E-state index contributed by atoms with van der Waals surface area (Å²) in [6, 6.07) is 9.60. The van der Waals surface area contributed by atoms with Crippen molar-refractivity contribution in [1.82, 2.24) is 10.3 Å². The zero-order valence-corrected chi connectivity index (χ0v) is 15.5. The first kappa shape index (κ1) is 18.2. The zero-order chi connectivity index (χ0) is 18.5. The van der Waals surface area contributed by atoms with Gasteiger partial charge in [0.2, 0.25) is 5.91 Å². The molecule has 2 heterocycles. The smallest absolute Gasteiger partial charge is 0.261 e. The first-order valence-electron chi connectivity index (χ1n) is 7.88. The standard InChI is InChI=1S/C18H16FN3O2S2/c1-11-16(12-4-6-13(19)7-5-12)22-18(26-11)21-15(23)8-9-20-17(24)14-3-2-10-25-14/h2-7,10H,8-9H2,1H3,(H,20,24)(H,21,22,23). The Balaban J connectivity index is 1.54. The number of thiazole rings is 1. The van der Waals surface area contributed by atoms with Crippen molar-refractivity contribution in [3.63, 3.8) is 0 Å². The lowest BCUT2D eigenvalue weighted by Gasteiger charge is -2.03. The Kier molecular flexibility index (Phi) is 5.75. The van der Waals surface area contributed by atoms with Gasteiger partial charge in [0.15, 0.2) is 5.13 Å². The SMILES string of the molecule is Cc1sc(NC(=O)CCNC(=O)c2cccs2)nc1-c1ccc(F)cc1. The number of nitrogens with zero attached hydrogens (tertiary/aromatic N) is 1. The molecule has 0 spiro atoms. The molecule has 0 saturated carbocycles. The third-order valence-corrected chi connectivity index (χ3v) is 5.30. The van der Waals surface area contributed by atoms with Gasteiger partial charge in [-0.05, 0) is 42.6 Å². The van der Waals surface area contributed by atoms with Gasteiger partial charge >= 0.3 is 0 Å². The molecule has 0 atom stereocenters. The van der Waals surface area contributed by atoms with Crippen molar-refractivity contribution in [3.8, 4) is 11.3 Å². The highest BCUT2D eigenvalue weighted by Crippen LogP contribution is 2.30. The maximum Gasteiger partial charge on any atom is 0.261 e. The van der Waals surface area contributed by atoms with E-state index in [0.29, 0.717) is 10.0 Å². The van der Waals surface area contributed by atoms with Crippen LogP contribution in [-0.2, 0) is 4.79 Å². The number of amides is 2. The Morgan fingerprint density at radius 3 is 2.65 bits per heavy atom. The van der Waals surface area contributed by atoms with Crippen LogP contribution in [0.1, 0.15) is 21.0 Å². The maximum absolute atomic E-state index is 13.0. The summed E-state index contributed by atoms with van der Waals surface area (Å²) >= 11 is 2.71. The van der Waals surface area contributed by atoms with E-state index in [2.05, 4.69) is 15.6 Å². The van der Waals surface area contributed by atoms with Gasteiger partial charge in [-0.1, -0.05) is 6.07 Å². The average molecular weight is 389 g/mol. The molecule has 3 aromatic rings. The highest BCUT2D eigenvalue weighted by atomic mass is 32.1. The number of thiophene rings is 1. The number of carbonyl (C=O) groups is 2. The van der Waals surface area contributed by atoms with Crippen molar-refractivity contribution >= 4 is 39.6 Å². The molecule has 0 bridgehead atoms. The lowest BCUT2D eigenvalue weighted by Crippen LogP contribution is -2.27. The van der Waals surface area contributed by atoms with E-state index in [1.165, 1.54) is 34.8 Å². The summed E-state index contributed by atoms with van der Waals surface area (Å²) in [6.07, 6.45) is 0.154. The molecule has 0 aliphatic heterocycles. The van der Waals surface area contributed by atoms with Crippen LogP contribution in [0.4, 0.5) is 9.52 Å². The van der Waals surface area contributed by atoms with Crippen LogP contribution in [0.5, 0.6) is 0 Å². The Bertz CT molecular complexity index is 905. The Hall–Kier alpha value is -2.58. The van der Waals surface area contributed by atoms with Crippen LogP contribution in [0.2, 0.25) is 0 Å². The van der Waals surface area contributed by atoms with Gasteiger partial charge in [0.25, 0.3) is 5.91 Å². The van der Waals surface area contributed by atoms with Crippen molar-refractivity contribution < 1.29 is 14.0 Å². The zero-order valence-electron chi connectivity index (χ0n) is 13.9. The molecule has 2 aromatic heterocycles. The van der Waals surface area contributed by atoms with Gasteiger partial charge in [-0.2, -0.15) is 0 Å². The Labute approximate surface area is 157 Å². The summed E-state index contributed by atoms with van der Waals surface area (Å²) in [7, 11) is 0. The molecule has 8 heteroatoms. The molecule has 0 saturated heterocycles. The van der Waals surface area contributed by atoms with E-state index in [-0.39, 0.29) is 30.6 Å². The predicted octanol–water partition coefficient (Wildman–Crippen LogP) is 4.08. The van der Waals surface area contributed by atoms with Crippen LogP contribution in [0.15, 0.2) is 41.8 Å². The lowest BCUT2D eigenvalue weighted by atomic mass is 10.1. The third kappa shape index (κ3) is 4.53. The number of aryl methyl sites for hydroxylation is 1. The molecule has 3 rings (SSSR count). The van der Waals surface area contributed by atoms with Gasteiger partial charge in [-0.25, -0.2) is 9.37 Å². The molecule has 2 N–H and O–H groups in total. The minimum Gasteiger partial charge on any atom is -0.351 e. The number of rotatable bonds is 6. The normalized spacial score (nSPS) is 10.5. The number of carbonyl (C=O) groups excluding carboxylic acids is 2. The van der Waals surface area contributed by atoms with Crippen LogP contribution in [-0.4, -0.2) is 23.3 Å². The van der Waals surface area contributed by atoms with Gasteiger partial charge in [0.1, 0.15) is 5.82 Å². The molecule has 0 radical (unpaired) electrons. The van der Waals surface area contributed by atoms with Crippen LogP contribution < -0.4 is 10.6 Å². The Morgan fingerprint density at radius 2 is 1.96 bits per heavy atom. The second-order valence-electron chi connectivity index (χ2n) is 5.46. The van der Waals surface area contributed by atoms with Crippen molar-refractivity contribution in [2.24, 2.45) is 0 Å². The molecule has 134 valence electrons. The van der Waals surface area contributed by atoms with Gasteiger partial charge in [0, 0.05) is 23.4 Å². The van der Waals surface area contributed by atoms with Crippen LogP contribution in [0, 0.1) is 12.7 Å². The summed E-state index contributed by atoms with van der Waals surface area (Å²) in [4.78, 5) is 29.8. The van der Waals surface area contributed by atoms with Crippen molar-refractivity contribution in [3.05, 3.63) is 57.3 Å². The molecule has 0 aliphatic rings. The van der Waals surface area contributed by atoms with Crippen LogP contribution >= 0.6 is 22.7 Å². The minimum atomic E-state index is -0.306. The molecular weight excluding hydrogens is 373 g/mol. The topological polar surface area (TPSA) is 71.1 Å². The first-order valence-corrected chi connectivity index (χ1v) is 9.57. The molecule has 1 aromatic carbocycles. The van der Waals surface area contributed by atoms with Crippen molar-refractivity contribution in [2.75, 3.05) is 11.9 Å². The minimum absolute atomic E-state index is 0.154. The van der Waals surface area contributed by atoms with E-state index in [4.69, 9.17) is 0 Å². The summed E-state index contributed by atoms with van der Waals surface area (Å²) < 4.78 is 13.0. The monoisotopic (exact) mass is 389 g/mol. The van der Waals surface area contributed by atoms with Gasteiger partial charge in [0.05, 0.1) is 10.6 Å². The van der Waals surface area contributed by atoms with Crippen LogP contribution in [0.3, 0.4) is 0 Å². The first-order chi connectivity index (χ1) is 12.5. The third-order valence-electron chi connectivity index (χ3n) is 3.54. The molecular formula is C18H16FN3O2S2. The number of hydrogen-bond donors (Lipinski definition) is 2. The van der Waals surface area contributed by atoms with E-state index in [0.717, 1.165) is 16.1 Å². The van der Waals surface area contributed by atoms with Crippen LogP contribution in [0.25, 0.3) is 11.3 Å². The molecule has 0 fully saturated rings. The van der Waals surface area contributed by atoms with E-state index in [9.17, 15) is 14.0 Å². The number of anilines is 1. The molecule has 2 amide bonds. The van der Waals surface area contributed by atoms with E-state index in [1.54, 1.807) is 24.3 Å². The highest BCUT2D eigenvalue weighted by Gasteiger charge is 2.13. The highest BCUT2D eigenvalue weighted by molar-refractivity contribution is 7.16. The van der Waals surface area contributed by atoms with E-state index >= 15 is 0 Å². The predicted molar refractivity (Wildman–Crippen MR) is 102 cm³/mol.